The van der Waals surface area contributed by atoms with Crippen molar-refractivity contribution in [3.63, 3.8) is 0 Å². The molecule has 0 spiro atoms. The second kappa shape index (κ2) is 6.95. The topological polar surface area (TPSA) is 110 Å². The number of anilines is 3. The van der Waals surface area contributed by atoms with Crippen LogP contribution in [0.15, 0.2) is 47.4 Å². The third-order valence-electron chi connectivity index (χ3n) is 4.44. The van der Waals surface area contributed by atoms with Gasteiger partial charge in [-0.1, -0.05) is 12.1 Å². The number of aryl methyl sites for hydroxylation is 2. The van der Waals surface area contributed by atoms with Gasteiger partial charge in [0.2, 0.25) is 0 Å². The molecule has 0 aliphatic rings. The number of aromatic carboxylic acids is 1. The van der Waals surface area contributed by atoms with Gasteiger partial charge in [-0.15, -0.1) is 0 Å². The summed E-state index contributed by atoms with van der Waals surface area (Å²) in [5.41, 5.74) is 10.1. The molecule has 4 N–H and O–H groups in total. The summed E-state index contributed by atoms with van der Waals surface area (Å²) in [7, 11) is 1.65. The standard InChI is InChI=1S/C20H20N4O3/c1-11-9-13(7-8-14(11)20(26)27)22-18-19(25)24(3)10-17(23-18)15-5-4-6-16(21)12(15)2/h4-10H,21H2,1-3H3,(H,22,23)(H,26,27). The number of carbonyl (C=O) groups is 1. The number of nitrogens with two attached hydrogens (primary N) is 1. The van der Waals surface area contributed by atoms with E-state index in [1.54, 1.807) is 32.3 Å². The lowest BCUT2D eigenvalue weighted by Crippen LogP contribution is -2.21. The zero-order valence-electron chi connectivity index (χ0n) is 15.3. The molecule has 0 saturated carbocycles. The summed E-state index contributed by atoms with van der Waals surface area (Å²) in [5.74, 6) is -0.841. The van der Waals surface area contributed by atoms with E-state index in [0.717, 1.165) is 11.1 Å². The molecule has 1 heterocycles. The van der Waals surface area contributed by atoms with Gasteiger partial charge in [0.15, 0.2) is 5.82 Å². The van der Waals surface area contributed by atoms with Crippen molar-refractivity contribution in [2.75, 3.05) is 11.1 Å². The van der Waals surface area contributed by atoms with Crippen LogP contribution in [0.3, 0.4) is 0 Å². The molecule has 27 heavy (non-hydrogen) atoms. The fraction of sp³-hybridized carbons (Fsp3) is 0.150. The molecule has 7 heteroatoms. The Hall–Kier alpha value is -3.61. The summed E-state index contributed by atoms with van der Waals surface area (Å²) in [6, 6.07) is 10.3. The number of nitrogens with one attached hydrogen (secondary N) is 1. The average molecular weight is 364 g/mol. The van der Waals surface area contributed by atoms with Gasteiger partial charge >= 0.3 is 5.97 Å². The molecule has 0 bridgehead atoms. The molecule has 0 radical (unpaired) electrons. The third kappa shape index (κ3) is 3.52. The second-order valence-electron chi connectivity index (χ2n) is 6.37. The van der Waals surface area contributed by atoms with Crippen LogP contribution in [0.25, 0.3) is 11.3 Å². The normalized spacial score (nSPS) is 10.6. The highest BCUT2D eigenvalue weighted by molar-refractivity contribution is 5.90. The first-order chi connectivity index (χ1) is 12.8. The molecule has 3 aromatic rings. The first-order valence-corrected chi connectivity index (χ1v) is 8.32. The van der Waals surface area contributed by atoms with E-state index in [2.05, 4.69) is 10.3 Å². The van der Waals surface area contributed by atoms with E-state index in [-0.39, 0.29) is 16.9 Å². The van der Waals surface area contributed by atoms with Gasteiger partial charge < -0.3 is 20.7 Å². The van der Waals surface area contributed by atoms with Crippen LogP contribution in [-0.2, 0) is 7.05 Å². The van der Waals surface area contributed by atoms with E-state index in [4.69, 9.17) is 10.8 Å². The Morgan fingerprint density at radius 3 is 2.63 bits per heavy atom. The van der Waals surface area contributed by atoms with Crippen molar-refractivity contribution in [1.82, 2.24) is 9.55 Å². The minimum absolute atomic E-state index is 0.152. The van der Waals surface area contributed by atoms with Crippen molar-refractivity contribution in [3.8, 4) is 11.3 Å². The minimum atomic E-state index is -0.993. The predicted octanol–water partition coefficient (Wildman–Crippen LogP) is 3.09. The molecule has 2 aromatic carbocycles. The van der Waals surface area contributed by atoms with E-state index in [1.165, 1.54) is 10.6 Å². The Morgan fingerprint density at radius 1 is 1.22 bits per heavy atom. The van der Waals surface area contributed by atoms with Crippen LogP contribution < -0.4 is 16.6 Å². The lowest BCUT2D eigenvalue weighted by atomic mass is 10.0. The van der Waals surface area contributed by atoms with Gasteiger partial charge in [-0.25, -0.2) is 9.78 Å². The third-order valence-corrected chi connectivity index (χ3v) is 4.44. The van der Waals surface area contributed by atoms with Gasteiger partial charge in [-0.3, -0.25) is 4.79 Å². The zero-order valence-corrected chi connectivity index (χ0v) is 15.3. The van der Waals surface area contributed by atoms with Crippen molar-refractivity contribution in [2.45, 2.75) is 13.8 Å². The fourth-order valence-electron chi connectivity index (χ4n) is 2.87. The van der Waals surface area contributed by atoms with Gasteiger partial charge in [0.1, 0.15) is 0 Å². The molecule has 1 aromatic heterocycles. The summed E-state index contributed by atoms with van der Waals surface area (Å²) in [4.78, 5) is 28.1. The molecule has 0 aliphatic carbocycles. The molecule has 0 amide bonds. The lowest BCUT2D eigenvalue weighted by molar-refractivity contribution is 0.0696. The Kier molecular flexibility index (Phi) is 4.68. The van der Waals surface area contributed by atoms with Crippen molar-refractivity contribution in [3.05, 3.63) is 69.6 Å². The predicted molar refractivity (Wildman–Crippen MR) is 105 cm³/mol. The van der Waals surface area contributed by atoms with Crippen LogP contribution in [0.1, 0.15) is 21.5 Å². The van der Waals surface area contributed by atoms with E-state index in [1.807, 2.05) is 25.1 Å². The molecule has 7 nitrogen and oxygen atoms in total. The maximum Gasteiger partial charge on any atom is 0.335 e. The number of nitrogen functional groups attached to an aromatic ring is 1. The monoisotopic (exact) mass is 364 g/mol. The van der Waals surface area contributed by atoms with Crippen LogP contribution in [0.4, 0.5) is 17.2 Å². The minimum Gasteiger partial charge on any atom is -0.478 e. The summed E-state index contributed by atoms with van der Waals surface area (Å²) in [6.45, 7) is 3.60. The Morgan fingerprint density at radius 2 is 1.96 bits per heavy atom. The summed E-state index contributed by atoms with van der Waals surface area (Å²) in [6.07, 6.45) is 1.66. The fourth-order valence-corrected chi connectivity index (χ4v) is 2.87. The summed E-state index contributed by atoms with van der Waals surface area (Å²) in [5, 5.41) is 12.1. The lowest BCUT2D eigenvalue weighted by Gasteiger charge is -2.13. The molecule has 0 atom stereocenters. The number of carboxylic acids is 1. The van der Waals surface area contributed by atoms with Crippen LogP contribution in [-0.4, -0.2) is 20.6 Å². The molecule has 0 fully saturated rings. The number of hydrogen-bond acceptors (Lipinski definition) is 5. The summed E-state index contributed by atoms with van der Waals surface area (Å²) >= 11 is 0. The van der Waals surface area contributed by atoms with Crippen LogP contribution in [0.2, 0.25) is 0 Å². The number of benzene rings is 2. The molecule has 138 valence electrons. The van der Waals surface area contributed by atoms with Gasteiger partial charge in [0.05, 0.1) is 11.3 Å². The quantitative estimate of drug-likeness (QED) is 0.614. The van der Waals surface area contributed by atoms with Crippen molar-refractivity contribution < 1.29 is 9.90 Å². The van der Waals surface area contributed by atoms with Gasteiger partial charge in [0, 0.05) is 30.2 Å². The Labute approximate surface area is 156 Å². The van der Waals surface area contributed by atoms with E-state index < -0.39 is 5.97 Å². The number of carboxylic acid groups (broad SMARTS) is 1. The Bertz CT molecular complexity index is 1100. The van der Waals surface area contributed by atoms with Gasteiger partial charge in [0.25, 0.3) is 5.56 Å². The number of nitrogens with zero attached hydrogens (tertiary/aromatic N) is 2. The van der Waals surface area contributed by atoms with Crippen molar-refractivity contribution in [1.29, 1.82) is 0 Å². The van der Waals surface area contributed by atoms with E-state index in [0.29, 0.717) is 22.6 Å². The maximum atomic E-state index is 12.5. The number of rotatable bonds is 4. The van der Waals surface area contributed by atoms with Crippen LogP contribution in [0.5, 0.6) is 0 Å². The average Bonchev–Trinajstić information content (AvgIpc) is 2.61. The van der Waals surface area contributed by atoms with Crippen molar-refractivity contribution >= 4 is 23.2 Å². The molecule has 0 aliphatic heterocycles. The molecular formula is C20H20N4O3. The number of aromatic nitrogens is 2. The SMILES string of the molecule is Cc1cc(Nc2nc(-c3cccc(N)c3C)cn(C)c2=O)ccc1C(=O)O. The first-order valence-electron chi connectivity index (χ1n) is 8.32. The highest BCUT2D eigenvalue weighted by Gasteiger charge is 2.13. The largest absolute Gasteiger partial charge is 0.478 e. The smallest absolute Gasteiger partial charge is 0.335 e. The summed E-state index contributed by atoms with van der Waals surface area (Å²) < 4.78 is 1.45. The van der Waals surface area contributed by atoms with E-state index >= 15 is 0 Å². The van der Waals surface area contributed by atoms with E-state index in [9.17, 15) is 9.59 Å². The number of hydrogen-bond donors (Lipinski definition) is 3. The van der Waals surface area contributed by atoms with Crippen molar-refractivity contribution in [2.24, 2.45) is 7.05 Å². The van der Waals surface area contributed by atoms with Crippen LogP contribution >= 0.6 is 0 Å². The second-order valence-corrected chi connectivity index (χ2v) is 6.37. The van der Waals surface area contributed by atoms with Gasteiger partial charge in [-0.2, -0.15) is 0 Å². The maximum absolute atomic E-state index is 12.5. The highest BCUT2D eigenvalue weighted by Crippen LogP contribution is 2.26. The molecule has 3 rings (SSSR count). The molecule has 0 unspecified atom stereocenters. The zero-order chi connectivity index (χ0) is 19.7. The first kappa shape index (κ1) is 18.2. The van der Waals surface area contributed by atoms with Crippen LogP contribution in [0, 0.1) is 13.8 Å². The Balaban J connectivity index is 2.05. The van der Waals surface area contributed by atoms with Gasteiger partial charge in [-0.05, 0) is 49.2 Å². The molecule has 0 saturated heterocycles. The molecular weight excluding hydrogens is 344 g/mol. The highest BCUT2D eigenvalue weighted by atomic mass is 16.4.